The lowest BCUT2D eigenvalue weighted by molar-refractivity contribution is -0.142. The minimum absolute atomic E-state index is 0.148. The number of morpholine rings is 2. The molecule has 2 saturated heterocycles. The third kappa shape index (κ3) is 6.87. The summed E-state index contributed by atoms with van der Waals surface area (Å²) >= 11 is 12.7. The van der Waals surface area contributed by atoms with E-state index in [2.05, 4.69) is 14.8 Å². The zero-order chi connectivity index (χ0) is 24.8. The molecule has 0 amide bonds. The van der Waals surface area contributed by atoms with Crippen LogP contribution in [0.25, 0.3) is 10.9 Å². The van der Waals surface area contributed by atoms with E-state index >= 15 is 0 Å². The molecule has 2 aliphatic heterocycles. The molecule has 2 N–H and O–H groups in total. The zero-order valence-electron chi connectivity index (χ0n) is 19.6. The van der Waals surface area contributed by atoms with Crippen LogP contribution < -0.4 is 0 Å². The normalized spacial score (nSPS) is 18.6. The van der Waals surface area contributed by atoms with Crippen LogP contribution in [0.2, 0.25) is 10.0 Å². The molecule has 0 spiro atoms. The summed E-state index contributed by atoms with van der Waals surface area (Å²) < 4.78 is 16.3. The highest BCUT2D eigenvalue weighted by molar-refractivity contribution is 6.39. The number of aliphatic carboxylic acids is 1. The van der Waals surface area contributed by atoms with Crippen molar-refractivity contribution < 1.29 is 28.9 Å². The van der Waals surface area contributed by atoms with Crippen molar-refractivity contribution in [3.63, 3.8) is 0 Å². The molecule has 0 radical (unpaired) electrons. The van der Waals surface area contributed by atoms with Gasteiger partial charge in [-0.2, -0.15) is 0 Å². The number of nitrogens with one attached hydrogen (secondary N) is 1. The fourth-order valence-electron chi connectivity index (χ4n) is 4.58. The molecule has 1 atom stereocenters. The topological polar surface area (TPSA) is 104 Å². The van der Waals surface area contributed by atoms with Gasteiger partial charge < -0.3 is 24.3 Å². The van der Waals surface area contributed by atoms with E-state index in [0.717, 1.165) is 26.2 Å². The van der Waals surface area contributed by atoms with Gasteiger partial charge in [-0.3, -0.25) is 14.6 Å². The van der Waals surface area contributed by atoms with E-state index in [0.29, 0.717) is 72.4 Å². The Balaban J connectivity index is 1.52. The average Bonchev–Trinajstić information content (AvgIpc) is 3.21. The van der Waals surface area contributed by atoms with Crippen LogP contribution in [-0.4, -0.2) is 104 Å². The summed E-state index contributed by atoms with van der Waals surface area (Å²) in [7, 11) is 0. The summed E-state index contributed by atoms with van der Waals surface area (Å²) in [6.07, 6.45) is 0.591. The van der Waals surface area contributed by atoms with Gasteiger partial charge in [-0.15, -0.1) is 0 Å². The van der Waals surface area contributed by atoms with E-state index in [1.54, 1.807) is 12.1 Å². The first-order valence-electron chi connectivity index (χ1n) is 11.9. The van der Waals surface area contributed by atoms with Crippen molar-refractivity contribution in [3.8, 4) is 0 Å². The van der Waals surface area contributed by atoms with Gasteiger partial charge in [0.1, 0.15) is 12.3 Å². The molecule has 192 valence electrons. The number of esters is 1. The number of aromatic nitrogens is 1. The minimum Gasteiger partial charge on any atom is -0.481 e. The van der Waals surface area contributed by atoms with Gasteiger partial charge in [0, 0.05) is 48.6 Å². The second-order valence-corrected chi connectivity index (χ2v) is 9.70. The van der Waals surface area contributed by atoms with Crippen molar-refractivity contribution >= 4 is 46.0 Å². The predicted octanol–water partition coefficient (Wildman–Crippen LogP) is 2.93. The lowest BCUT2D eigenvalue weighted by atomic mass is 9.94. The third-order valence-corrected chi connectivity index (χ3v) is 7.08. The van der Waals surface area contributed by atoms with E-state index in [4.69, 9.17) is 37.4 Å². The standard InChI is InChI=1S/C24H31Cl2N3O6/c25-17-14-19(26)21-18(13-16(23(30)31)1-2-28-3-8-33-9-4-28)22(27-20(21)15-17)24(32)35-12-7-29-5-10-34-11-6-29/h14-16,27H,1-13H2,(H,30,31). The first kappa shape index (κ1) is 26.2. The average molecular weight is 528 g/mol. The molecule has 2 aromatic rings. The van der Waals surface area contributed by atoms with E-state index in [1.165, 1.54) is 0 Å². The van der Waals surface area contributed by atoms with E-state index in [9.17, 15) is 14.7 Å². The molecule has 9 nitrogen and oxygen atoms in total. The molecule has 1 aromatic heterocycles. The number of carbonyl (C=O) groups excluding carboxylic acids is 1. The SMILES string of the molecule is O=C(OCCN1CCOCC1)c1[nH]c2cc(Cl)cc(Cl)c2c1CC(CCN1CCOCC1)C(=O)O. The van der Waals surface area contributed by atoms with Gasteiger partial charge in [0.15, 0.2) is 0 Å². The van der Waals surface area contributed by atoms with Crippen LogP contribution in [0.5, 0.6) is 0 Å². The number of carboxylic acids is 1. The van der Waals surface area contributed by atoms with Crippen molar-refractivity contribution in [1.82, 2.24) is 14.8 Å². The Bertz CT molecular complexity index is 1030. The number of hydrogen-bond donors (Lipinski definition) is 2. The van der Waals surface area contributed by atoms with Gasteiger partial charge in [0.2, 0.25) is 0 Å². The van der Waals surface area contributed by atoms with Gasteiger partial charge in [0.25, 0.3) is 0 Å². The molecule has 1 unspecified atom stereocenters. The van der Waals surface area contributed by atoms with Crippen molar-refractivity contribution in [3.05, 3.63) is 33.4 Å². The van der Waals surface area contributed by atoms with Crippen LogP contribution in [-0.2, 0) is 25.4 Å². The Hall–Kier alpha value is -1.88. The number of carbonyl (C=O) groups is 2. The van der Waals surface area contributed by atoms with Gasteiger partial charge in [-0.1, -0.05) is 23.2 Å². The maximum Gasteiger partial charge on any atom is 0.355 e. The van der Waals surface area contributed by atoms with Crippen molar-refractivity contribution in [2.75, 3.05) is 72.3 Å². The molecule has 2 fully saturated rings. The number of fused-ring (bicyclic) bond motifs is 1. The fraction of sp³-hybridized carbons (Fsp3) is 0.583. The summed E-state index contributed by atoms with van der Waals surface area (Å²) in [4.78, 5) is 32.7. The number of hydrogen-bond acceptors (Lipinski definition) is 7. The predicted molar refractivity (Wildman–Crippen MR) is 133 cm³/mol. The van der Waals surface area contributed by atoms with Gasteiger partial charge in [0.05, 0.1) is 37.4 Å². The number of halogens is 2. The summed E-state index contributed by atoms with van der Waals surface area (Å²) in [5, 5.41) is 11.4. The van der Waals surface area contributed by atoms with Crippen LogP contribution in [0.15, 0.2) is 12.1 Å². The van der Waals surface area contributed by atoms with Crippen molar-refractivity contribution in [2.45, 2.75) is 12.8 Å². The summed E-state index contributed by atoms with van der Waals surface area (Å²) in [6.45, 7) is 7.26. The smallest absolute Gasteiger partial charge is 0.355 e. The quantitative estimate of drug-likeness (QED) is 0.454. The maximum absolute atomic E-state index is 13.1. The Morgan fingerprint density at radius 1 is 1.03 bits per heavy atom. The van der Waals surface area contributed by atoms with Crippen LogP contribution in [0.3, 0.4) is 0 Å². The van der Waals surface area contributed by atoms with Crippen LogP contribution in [0.1, 0.15) is 22.5 Å². The summed E-state index contributed by atoms with van der Waals surface area (Å²) in [5.41, 5.74) is 1.35. The molecular formula is C24H31Cl2N3O6. The lowest BCUT2D eigenvalue weighted by Crippen LogP contribution is -2.38. The van der Waals surface area contributed by atoms with Crippen LogP contribution >= 0.6 is 23.2 Å². The van der Waals surface area contributed by atoms with E-state index in [-0.39, 0.29) is 18.7 Å². The van der Waals surface area contributed by atoms with Gasteiger partial charge in [-0.05, 0) is 37.1 Å². The number of aromatic amines is 1. The molecule has 0 saturated carbocycles. The highest BCUT2D eigenvalue weighted by Gasteiger charge is 2.28. The highest BCUT2D eigenvalue weighted by atomic mass is 35.5. The monoisotopic (exact) mass is 527 g/mol. The maximum atomic E-state index is 13.1. The third-order valence-electron chi connectivity index (χ3n) is 6.56. The van der Waals surface area contributed by atoms with E-state index in [1.807, 2.05) is 0 Å². The van der Waals surface area contributed by atoms with Crippen molar-refractivity contribution in [1.29, 1.82) is 0 Å². The molecule has 1 aromatic carbocycles. The highest BCUT2D eigenvalue weighted by Crippen LogP contribution is 2.34. The largest absolute Gasteiger partial charge is 0.481 e. The fourth-order valence-corrected chi connectivity index (χ4v) is 5.19. The Morgan fingerprint density at radius 3 is 2.29 bits per heavy atom. The first-order chi connectivity index (χ1) is 16.9. The van der Waals surface area contributed by atoms with Crippen molar-refractivity contribution in [2.24, 2.45) is 5.92 Å². The zero-order valence-corrected chi connectivity index (χ0v) is 21.1. The van der Waals surface area contributed by atoms with Crippen LogP contribution in [0.4, 0.5) is 0 Å². The number of nitrogens with zero attached hydrogens (tertiary/aromatic N) is 2. The first-order valence-corrected chi connectivity index (χ1v) is 12.7. The Kier molecular flexibility index (Phi) is 9.27. The Morgan fingerprint density at radius 2 is 1.66 bits per heavy atom. The van der Waals surface area contributed by atoms with E-state index < -0.39 is 17.9 Å². The lowest BCUT2D eigenvalue weighted by Gasteiger charge is -2.27. The molecule has 2 aliphatic rings. The molecule has 0 aliphatic carbocycles. The van der Waals surface area contributed by atoms with Gasteiger partial charge in [-0.25, -0.2) is 4.79 Å². The summed E-state index contributed by atoms with van der Waals surface area (Å²) in [6, 6.07) is 3.28. The van der Waals surface area contributed by atoms with Crippen LogP contribution in [0, 0.1) is 5.92 Å². The number of carboxylic acid groups (broad SMARTS) is 1. The minimum atomic E-state index is -0.913. The molecule has 11 heteroatoms. The van der Waals surface area contributed by atoms with Gasteiger partial charge >= 0.3 is 11.9 Å². The molecule has 0 bridgehead atoms. The number of H-pyrrole nitrogens is 1. The summed E-state index contributed by atoms with van der Waals surface area (Å²) in [5.74, 6) is -2.14. The molecule has 4 rings (SSSR count). The number of rotatable bonds is 10. The molecule has 3 heterocycles. The molecular weight excluding hydrogens is 497 g/mol. The Labute approximate surface area is 214 Å². The second-order valence-electron chi connectivity index (χ2n) is 8.86. The number of ether oxygens (including phenoxy) is 3. The number of benzene rings is 1. The second kappa shape index (κ2) is 12.4. The molecule has 35 heavy (non-hydrogen) atoms.